The number of nitrogens with two attached hydrogens (primary N) is 2. The van der Waals surface area contributed by atoms with Crippen LogP contribution in [0.5, 0.6) is 0 Å². The number of nitrogens with zero attached hydrogens (tertiary/aromatic N) is 1. The largest absolute Gasteiger partial charge is 0.385 e. The number of primary amides is 1. The van der Waals surface area contributed by atoms with Crippen molar-refractivity contribution in [2.75, 3.05) is 6.54 Å². The average molecular weight is 225 g/mol. The molecule has 0 radical (unpaired) electrons. The van der Waals surface area contributed by atoms with Crippen LogP contribution in [0.15, 0.2) is 11.4 Å². The third kappa shape index (κ3) is 3.43. The fourth-order valence-electron chi connectivity index (χ4n) is 2.20. The molecule has 0 bridgehead atoms. The van der Waals surface area contributed by atoms with E-state index in [-0.39, 0.29) is 0 Å². The Bertz CT molecular complexity index is 276. The summed E-state index contributed by atoms with van der Waals surface area (Å²) in [5.74, 6) is 1.07. The first kappa shape index (κ1) is 12.9. The van der Waals surface area contributed by atoms with E-state index in [1.54, 1.807) is 0 Å². The van der Waals surface area contributed by atoms with Crippen molar-refractivity contribution in [2.45, 2.75) is 46.0 Å². The molecule has 4 nitrogen and oxygen atoms in total. The molecule has 4 heteroatoms. The van der Waals surface area contributed by atoms with Gasteiger partial charge in [0, 0.05) is 6.54 Å². The van der Waals surface area contributed by atoms with Gasteiger partial charge in [0.1, 0.15) is 5.82 Å². The van der Waals surface area contributed by atoms with Gasteiger partial charge in [0.25, 0.3) is 0 Å². The van der Waals surface area contributed by atoms with Crippen molar-refractivity contribution in [3.63, 3.8) is 0 Å². The molecule has 92 valence electrons. The van der Waals surface area contributed by atoms with Gasteiger partial charge in [-0.25, -0.2) is 4.79 Å². The van der Waals surface area contributed by atoms with E-state index >= 15 is 0 Å². The first-order chi connectivity index (χ1) is 7.52. The molecule has 1 aliphatic rings. The molecule has 0 saturated heterocycles. The van der Waals surface area contributed by atoms with E-state index in [1.807, 2.05) is 13.8 Å². The van der Waals surface area contributed by atoms with Crippen molar-refractivity contribution < 1.29 is 4.79 Å². The molecule has 0 spiro atoms. The van der Waals surface area contributed by atoms with Gasteiger partial charge in [-0.2, -0.15) is 0 Å². The van der Waals surface area contributed by atoms with E-state index in [2.05, 4.69) is 0 Å². The Kier molecular flexibility index (Phi) is 4.65. The van der Waals surface area contributed by atoms with Crippen LogP contribution in [0.25, 0.3) is 0 Å². The second-order valence-corrected chi connectivity index (χ2v) is 4.84. The molecule has 0 heterocycles. The van der Waals surface area contributed by atoms with E-state index in [0.717, 1.165) is 5.57 Å². The monoisotopic (exact) mass is 225 g/mol. The molecule has 0 atom stereocenters. The van der Waals surface area contributed by atoms with Crippen LogP contribution in [0.1, 0.15) is 46.0 Å². The van der Waals surface area contributed by atoms with Gasteiger partial charge in [-0.3, -0.25) is 4.90 Å². The minimum absolute atomic E-state index is 0.440. The Hall–Kier alpha value is -1.19. The highest BCUT2D eigenvalue weighted by molar-refractivity contribution is 5.74. The Morgan fingerprint density at radius 2 is 1.75 bits per heavy atom. The molecule has 1 aliphatic carbocycles. The maximum atomic E-state index is 11.4. The summed E-state index contributed by atoms with van der Waals surface area (Å²) < 4.78 is 0. The summed E-state index contributed by atoms with van der Waals surface area (Å²) in [5, 5.41) is 0. The lowest BCUT2D eigenvalue weighted by Gasteiger charge is -2.29. The van der Waals surface area contributed by atoms with Crippen molar-refractivity contribution in [2.24, 2.45) is 17.4 Å². The number of urea groups is 1. The Morgan fingerprint density at radius 3 is 2.19 bits per heavy atom. The molecular formula is C12H23N3O. The average Bonchev–Trinajstić information content (AvgIpc) is 2.26. The molecule has 0 unspecified atom stereocenters. The summed E-state index contributed by atoms with van der Waals surface area (Å²) in [6.07, 6.45) is 6.18. The summed E-state index contributed by atoms with van der Waals surface area (Å²) in [6, 6.07) is -0.440. The van der Waals surface area contributed by atoms with Crippen LogP contribution < -0.4 is 11.5 Å². The number of allylic oxidation sites excluding steroid dienone is 1. The fourth-order valence-corrected chi connectivity index (χ4v) is 2.20. The van der Waals surface area contributed by atoms with Gasteiger partial charge in [-0.15, -0.1) is 0 Å². The number of hydrogen-bond donors (Lipinski definition) is 2. The van der Waals surface area contributed by atoms with Crippen molar-refractivity contribution >= 4 is 6.03 Å². The van der Waals surface area contributed by atoms with Gasteiger partial charge >= 0.3 is 6.03 Å². The Labute approximate surface area is 97.7 Å². The van der Waals surface area contributed by atoms with Crippen LogP contribution in [-0.2, 0) is 0 Å². The van der Waals surface area contributed by atoms with Crippen LogP contribution in [0.4, 0.5) is 4.79 Å². The summed E-state index contributed by atoms with van der Waals surface area (Å²) in [7, 11) is 0. The van der Waals surface area contributed by atoms with Crippen molar-refractivity contribution in [1.82, 2.24) is 4.90 Å². The van der Waals surface area contributed by atoms with E-state index in [0.29, 0.717) is 18.3 Å². The number of hydrogen-bond acceptors (Lipinski definition) is 2. The number of amides is 2. The molecule has 0 aromatic heterocycles. The molecule has 2 amide bonds. The number of carbonyl (C=O) groups is 1. The maximum absolute atomic E-state index is 11.4. The van der Waals surface area contributed by atoms with E-state index < -0.39 is 6.03 Å². The molecule has 1 fully saturated rings. The lowest BCUT2D eigenvalue weighted by molar-refractivity contribution is 0.202. The maximum Gasteiger partial charge on any atom is 0.320 e. The first-order valence-electron chi connectivity index (χ1n) is 6.02. The van der Waals surface area contributed by atoms with Gasteiger partial charge in [0.15, 0.2) is 0 Å². The van der Waals surface area contributed by atoms with Gasteiger partial charge in [0.2, 0.25) is 0 Å². The quantitative estimate of drug-likeness (QED) is 0.772. The SMILES string of the molecule is CC(C)=C(N)N(CC1CCCCC1)C(N)=O. The molecule has 16 heavy (non-hydrogen) atoms. The highest BCUT2D eigenvalue weighted by Crippen LogP contribution is 2.25. The van der Waals surface area contributed by atoms with E-state index in [1.165, 1.54) is 37.0 Å². The molecule has 4 N–H and O–H groups in total. The zero-order valence-corrected chi connectivity index (χ0v) is 10.3. The number of carbonyl (C=O) groups excluding carboxylic acids is 1. The van der Waals surface area contributed by atoms with Crippen LogP contribution >= 0.6 is 0 Å². The van der Waals surface area contributed by atoms with Gasteiger partial charge in [-0.1, -0.05) is 19.3 Å². The summed E-state index contributed by atoms with van der Waals surface area (Å²) in [4.78, 5) is 12.9. The summed E-state index contributed by atoms with van der Waals surface area (Å²) in [6.45, 7) is 4.46. The van der Waals surface area contributed by atoms with Gasteiger partial charge in [-0.05, 0) is 38.2 Å². The fraction of sp³-hybridized carbons (Fsp3) is 0.750. The topological polar surface area (TPSA) is 72.3 Å². The van der Waals surface area contributed by atoms with Gasteiger partial charge in [0.05, 0.1) is 0 Å². The van der Waals surface area contributed by atoms with E-state index in [4.69, 9.17) is 11.5 Å². The smallest absolute Gasteiger partial charge is 0.320 e. The van der Waals surface area contributed by atoms with Crippen LogP contribution in [0.2, 0.25) is 0 Å². The predicted molar refractivity (Wildman–Crippen MR) is 65.4 cm³/mol. The van der Waals surface area contributed by atoms with E-state index in [9.17, 15) is 4.79 Å². The molecule has 1 rings (SSSR count). The number of rotatable bonds is 3. The van der Waals surface area contributed by atoms with Crippen molar-refractivity contribution in [3.8, 4) is 0 Å². The third-order valence-corrected chi connectivity index (χ3v) is 3.23. The Morgan fingerprint density at radius 1 is 1.19 bits per heavy atom. The molecule has 1 saturated carbocycles. The third-order valence-electron chi connectivity index (χ3n) is 3.23. The standard InChI is InChI=1S/C12H23N3O/c1-9(2)11(13)15(12(14)16)8-10-6-4-3-5-7-10/h10H,3-8,13H2,1-2H3,(H2,14,16). The van der Waals surface area contributed by atoms with Crippen molar-refractivity contribution in [1.29, 1.82) is 0 Å². The molecule has 0 aromatic rings. The summed E-state index contributed by atoms with van der Waals surface area (Å²) in [5.41, 5.74) is 12.2. The summed E-state index contributed by atoms with van der Waals surface area (Å²) >= 11 is 0. The molecular weight excluding hydrogens is 202 g/mol. The van der Waals surface area contributed by atoms with Crippen LogP contribution in [0, 0.1) is 5.92 Å². The zero-order chi connectivity index (χ0) is 12.1. The normalized spacial score (nSPS) is 16.9. The zero-order valence-electron chi connectivity index (χ0n) is 10.3. The molecule has 0 aliphatic heterocycles. The minimum Gasteiger partial charge on any atom is -0.385 e. The van der Waals surface area contributed by atoms with Gasteiger partial charge < -0.3 is 11.5 Å². The highest BCUT2D eigenvalue weighted by atomic mass is 16.2. The molecule has 0 aromatic carbocycles. The highest BCUT2D eigenvalue weighted by Gasteiger charge is 2.21. The van der Waals surface area contributed by atoms with Crippen molar-refractivity contribution in [3.05, 3.63) is 11.4 Å². The minimum atomic E-state index is -0.440. The first-order valence-corrected chi connectivity index (χ1v) is 6.02. The second-order valence-electron chi connectivity index (χ2n) is 4.84. The predicted octanol–water partition coefficient (Wildman–Crippen LogP) is 2.16. The second kappa shape index (κ2) is 5.77. The lowest BCUT2D eigenvalue weighted by atomic mass is 9.89. The van der Waals surface area contributed by atoms with Crippen LogP contribution in [0.3, 0.4) is 0 Å². The van der Waals surface area contributed by atoms with Crippen LogP contribution in [-0.4, -0.2) is 17.5 Å². The lowest BCUT2D eigenvalue weighted by Crippen LogP contribution is -2.42. The Balaban J connectivity index is 2.64.